The number of amides is 1. The van der Waals surface area contributed by atoms with Crippen molar-refractivity contribution < 1.29 is 18.0 Å². The molecule has 2 aliphatic carbocycles. The summed E-state index contributed by atoms with van der Waals surface area (Å²) in [6.07, 6.45) is 6.48. The maximum atomic E-state index is 13.7. The van der Waals surface area contributed by atoms with Crippen LogP contribution in [0.1, 0.15) is 57.1 Å². The van der Waals surface area contributed by atoms with Crippen LogP contribution in [0.3, 0.4) is 0 Å². The molecule has 2 bridgehead atoms. The Morgan fingerprint density at radius 3 is 2.38 bits per heavy atom. The van der Waals surface area contributed by atoms with Gasteiger partial charge in [0.05, 0.1) is 16.9 Å². The third-order valence-electron chi connectivity index (χ3n) is 6.93. The van der Waals surface area contributed by atoms with Crippen molar-refractivity contribution in [1.29, 1.82) is 0 Å². The van der Waals surface area contributed by atoms with Gasteiger partial charge in [-0.15, -0.1) is 0 Å². The molecule has 3 aromatic rings. The zero-order valence-corrected chi connectivity index (χ0v) is 18.7. The molecular formula is C25H26F3N3O3. The smallest absolute Gasteiger partial charge is 0.326 e. The van der Waals surface area contributed by atoms with Crippen molar-refractivity contribution in [3.8, 4) is 0 Å². The first kappa shape index (κ1) is 23.8. The summed E-state index contributed by atoms with van der Waals surface area (Å²) in [5, 5.41) is 3.00. The molecule has 1 heterocycles. The van der Waals surface area contributed by atoms with Crippen molar-refractivity contribution in [3.63, 3.8) is 0 Å². The standard InChI is InChI=1S/C17H21F2NO.C8H5FN2O2/c1-11(14-3-2-13(18)8-15(14)19)20-16(21)10-17-6-4-12(9-17)5-7-17;9-4-1-2-6-5(3-4)7(12)11-8(13)10-6/h2-3,8,11-12H,4-7,9-10H2,1H3,(H,20,21);1-3H,(H2,10,11,12,13). The van der Waals surface area contributed by atoms with Crippen LogP contribution < -0.4 is 16.6 Å². The molecule has 2 fully saturated rings. The van der Waals surface area contributed by atoms with Crippen molar-refractivity contribution in [2.24, 2.45) is 11.3 Å². The molecule has 180 valence electrons. The van der Waals surface area contributed by atoms with E-state index in [4.69, 9.17) is 0 Å². The lowest BCUT2D eigenvalue weighted by molar-refractivity contribution is -0.124. The Kier molecular flexibility index (Phi) is 6.63. The van der Waals surface area contributed by atoms with E-state index in [-0.39, 0.29) is 16.7 Å². The number of carbonyl (C=O) groups is 1. The Hall–Kier alpha value is -3.36. The van der Waals surface area contributed by atoms with Crippen LogP contribution >= 0.6 is 0 Å². The van der Waals surface area contributed by atoms with Crippen LogP contribution in [0.5, 0.6) is 0 Å². The van der Waals surface area contributed by atoms with E-state index in [1.54, 1.807) is 6.92 Å². The van der Waals surface area contributed by atoms with E-state index in [1.807, 2.05) is 4.98 Å². The number of halogens is 3. The molecule has 2 aromatic carbocycles. The Morgan fingerprint density at radius 1 is 1.06 bits per heavy atom. The molecule has 0 aliphatic heterocycles. The number of hydrogen-bond acceptors (Lipinski definition) is 3. The molecule has 5 rings (SSSR count). The predicted molar refractivity (Wildman–Crippen MR) is 122 cm³/mol. The Bertz CT molecular complexity index is 1330. The second-order valence-electron chi connectivity index (χ2n) is 9.38. The first-order chi connectivity index (χ1) is 16.1. The van der Waals surface area contributed by atoms with Crippen LogP contribution in [0.4, 0.5) is 13.2 Å². The van der Waals surface area contributed by atoms with Gasteiger partial charge in [-0.05, 0) is 74.6 Å². The van der Waals surface area contributed by atoms with Crippen LogP contribution in [0.15, 0.2) is 46.0 Å². The van der Waals surface area contributed by atoms with E-state index < -0.39 is 34.7 Å². The van der Waals surface area contributed by atoms with Crippen molar-refractivity contribution >= 4 is 16.8 Å². The largest absolute Gasteiger partial charge is 0.349 e. The summed E-state index contributed by atoms with van der Waals surface area (Å²) in [6.45, 7) is 1.73. The Balaban J connectivity index is 0.000000180. The number of aromatic nitrogens is 2. The minimum atomic E-state index is -0.609. The number of carbonyl (C=O) groups excluding carboxylic acids is 1. The summed E-state index contributed by atoms with van der Waals surface area (Å²) in [6, 6.07) is 6.64. The summed E-state index contributed by atoms with van der Waals surface area (Å²) >= 11 is 0. The van der Waals surface area contributed by atoms with Gasteiger partial charge < -0.3 is 10.3 Å². The van der Waals surface area contributed by atoms with E-state index in [1.165, 1.54) is 43.5 Å². The molecule has 6 nitrogen and oxygen atoms in total. The van der Waals surface area contributed by atoms with E-state index in [0.717, 1.165) is 30.9 Å². The summed E-state index contributed by atoms with van der Waals surface area (Å²) in [4.78, 5) is 38.5. The van der Waals surface area contributed by atoms with Crippen LogP contribution in [0, 0.1) is 28.8 Å². The molecule has 0 spiro atoms. The number of aromatic amines is 2. The van der Waals surface area contributed by atoms with Gasteiger partial charge in [0.1, 0.15) is 17.5 Å². The minimum Gasteiger partial charge on any atom is -0.349 e. The highest BCUT2D eigenvalue weighted by atomic mass is 19.1. The lowest BCUT2D eigenvalue weighted by Gasteiger charge is -2.26. The zero-order chi connectivity index (χ0) is 24.5. The Morgan fingerprint density at radius 2 is 1.74 bits per heavy atom. The molecule has 1 aromatic heterocycles. The van der Waals surface area contributed by atoms with Gasteiger partial charge in [-0.1, -0.05) is 6.07 Å². The number of rotatable bonds is 4. The average molecular weight is 473 g/mol. The normalized spacial score (nSPS) is 21.7. The van der Waals surface area contributed by atoms with Gasteiger partial charge in [-0.2, -0.15) is 0 Å². The fourth-order valence-corrected chi connectivity index (χ4v) is 5.26. The third kappa shape index (κ3) is 5.24. The second kappa shape index (κ2) is 9.48. The first-order valence-electron chi connectivity index (χ1n) is 11.3. The minimum absolute atomic E-state index is 0.0197. The number of benzene rings is 2. The van der Waals surface area contributed by atoms with Crippen molar-refractivity contribution in [3.05, 3.63) is 80.3 Å². The van der Waals surface area contributed by atoms with Crippen LogP contribution in [0.2, 0.25) is 0 Å². The molecule has 1 unspecified atom stereocenters. The van der Waals surface area contributed by atoms with E-state index in [9.17, 15) is 27.6 Å². The summed E-state index contributed by atoms with van der Waals surface area (Å²) in [7, 11) is 0. The topological polar surface area (TPSA) is 94.8 Å². The maximum absolute atomic E-state index is 13.7. The first-order valence-corrected chi connectivity index (χ1v) is 11.3. The average Bonchev–Trinajstić information content (AvgIpc) is 3.35. The highest BCUT2D eigenvalue weighted by Crippen LogP contribution is 2.55. The number of nitrogens with one attached hydrogen (secondary N) is 3. The van der Waals surface area contributed by atoms with Gasteiger partial charge >= 0.3 is 5.69 Å². The number of hydrogen-bond donors (Lipinski definition) is 3. The van der Waals surface area contributed by atoms with Gasteiger partial charge in [0.25, 0.3) is 5.56 Å². The van der Waals surface area contributed by atoms with Crippen LogP contribution in [0.25, 0.3) is 10.9 Å². The highest BCUT2D eigenvalue weighted by Gasteiger charge is 2.45. The predicted octanol–water partition coefficient (Wildman–Crippen LogP) is 4.47. The van der Waals surface area contributed by atoms with Crippen molar-refractivity contribution in [1.82, 2.24) is 15.3 Å². The summed E-state index contributed by atoms with van der Waals surface area (Å²) < 4.78 is 39.3. The van der Waals surface area contributed by atoms with Gasteiger partial charge in [0, 0.05) is 18.1 Å². The Labute approximate surface area is 193 Å². The van der Waals surface area contributed by atoms with E-state index >= 15 is 0 Å². The molecule has 1 amide bonds. The summed E-state index contributed by atoms with van der Waals surface area (Å²) in [5.74, 6) is -0.928. The second-order valence-corrected chi connectivity index (χ2v) is 9.38. The van der Waals surface area contributed by atoms with Gasteiger partial charge in [-0.3, -0.25) is 14.6 Å². The molecular weight excluding hydrogens is 447 g/mol. The SMILES string of the molecule is CC(NC(=O)CC12CCC(CC1)C2)c1ccc(F)cc1F.O=c1[nH]c(=O)c2cc(F)ccc2[nH]1. The lowest BCUT2D eigenvalue weighted by atomic mass is 9.81. The molecule has 3 N–H and O–H groups in total. The number of fused-ring (bicyclic) bond motifs is 3. The molecule has 0 radical (unpaired) electrons. The maximum Gasteiger partial charge on any atom is 0.326 e. The van der Waals surface area contributed by atoms with E-state index in [2.05, 4.69) is 10.3 Å². The monoisotopic (exact) mass is 473 g/mol. The molecule has 0 saturated heterocycles. The molecule has 2 aliphatic rings. The third-order valence-corrected chi connectivity index (χ3v) is 6.93. The van der Waals surface area contributed by atoms with Crippen LogP contribution in [-0.4, -0.2) is 15.9 Å². The van der Waals surface area contributed by atoms with Gasteiger partial charge in [-0.25, -0.2) is 18.0 Å². The van der Waals surface area contributed by atoms with Gasteiger partial charge in [0.2, 0.25) is 5.91 Å². The fraction of sp³-hybridized carbons (Fsp3) is 0.400. The lowest BCUT2D eigenvalue weighted by Crippen LogP contribution is -2.32. The molecule has 9 heteroatoms. The molecule has 1 atom stereocenters. The highest BCUT2D eigenvalue weighted by molar-refractivity contribution is 5.77. The number of H-pyrrole nitrogens is 2. The molecule has 2 saturated carbocycles. The van der Waals surface area contributed by atoms with Crippen LogP contribution in [-0.2, 0) is 4.79 Å². The van der Waals surface area contributed by atoms with Crippen molar-refractivity contribution in [2.75, 3.05) is 0 Å². The fourth-order valence-electron chi connectivity index (χ4n) is 5.26. The van der Waals surface area contributed by atoms with Gasteiger partial charge in [0.15, 0.2) is 0 Å². The molecule has 34 heavy (non-hydrogen) atoms. The zero-order valence-electron chi connectivity index (χ0n) is 18.7. The van der Waals surface area contributed by atoms with Crippen molar-refractivity contribution in [2.45, 2.75) is 51.5 Å². The summed E-state index contributed by atoms with van der Waals surface area (Å²) in [5.41, 5.74) is -0.328. The van der Waals surface area contributed by atoms with E-state index in [0.29, 0.717) is 17.5 Å². The quantitative estimate of drug-likeness (QED) is 0.522.